The van der Waals surface area contributed by atoms with E-state index in [0.29, 0.717) is 16.8 Å². The normalized spacial score (nSPS) is 11.8. The first kappa shape index (κ1) is 21.2. The van der Waals surface area contributed by atoms with Crippen molar-refractivity contribution < 1.29 is 19.1 Å². The van der Waals surface area contributed by atoms with Crippen LogP contribution in [0.15, 0.2) is 84.9 Å². The minimum atomic E-state index is -1.03. The molecule has 4 rings (SSSR count). The lowest BCUT2D eigenvalue weighted by Gasteiger charge is -2.17. The Morgan fingerprint density at radius 1 is 0.906 bits per heavy atom. The lowest BCUT2D eigenvalue weighted by Crippen LogP contribution is -2.20. The molecule has 0 saturated carbocycles. The van der Waals surface area contributed by atoms with Crippen molar-refractivity contribution in [1.82, 2.24) is 0 Å². The van der Waals surface area contributed by atoms with Crippen molar-refractivity contribution in [2.45, 2.75) is 19.3 Å². The second kappa shape index (κ2) is 9.02. The number of fused-ring (bicyclic) bond motifs is 1. The summed E-state index contributed by atoms with van der Waals surface area (Å²) in [5.41, 5.74) is 2.62. The molecule has 4 aromatic rings. The summed E-state index contributed by atoms with van der Waals surface area (Å²) in [5.74, 6) is -2.24. The van der Waals surface area contributed by atoms with Gasteiger partial charge in [0.25, 0.3) is 0 Å². The van der Waals surface area contributed by atoms with Gasteiger partial charge in [0.15, 0.2) is 0 Å². The second-order valence-electron chi connectivity index (χ2n) is 7.72. The molecule has 5 heteroatoms. The molecule has 4 aromatic carbocycles. The van der Waals surface area contributed by atoms with Crippen LogP contribution in [0.25, 0.3) is 10.8 Å². The fourth-order valence-corrected chi connectivity index (χ4v) is 3.92. The third-order valence-corrected chi connectivity index (χ3v) is 5.64. The van der Waals surface area contributed by atoms with Crippen LogP contribution in [0.3, 0.4) is 0 Å². The minimum Gasteiger partial charge on any atom is -0.478 e. The lowest BCUT2D eigenvalue weighted by molar-refractivity contribution is -0.117. The molecule has 2 N–H and O–H groups in total. The zero-order chi connectivity index (χ0) is 22.7. The van der Waals surface area contributed by atoms with Gasteiger partial charge < -0.3 is 10.4 Å². The average molecular weight is 427 g/mol. The smallest absolute Gasteiger partial charge is 0.335 e. The number of carboxylic acid groups (broad SMARTS) is 1. The minimum absolute atomic E-state index is 0.179. The topological polar surface area (TPSA) is 66.4 Å². The van der Waals surface area contributed by atoms with Gasteiger partial charge in [-0.25, -0.2) is 9.18 Å². The van der Waals surface area contributed by atoms with E-state index in [1.165, 1.54) is 18.2 Å². The number of anilines is 1. The van der Waals surface area contributed by atoms with E-state index >= 15 is 0 Å². The maximum absolute atomic E-state index is 14.0. The third-order valence-electron chi connectivity index (χ3n) is 5.64. The van der Waals surface area contributed by atoms with E-state index < -0.39 is 17.7 Å². The Morgan fingerprint density at radius 2 is 1.62 bits per heavy atom. The van der Waals surface area contributed by atoms with Gasteiger partial charge in [0.05, 0.1) is 11.5 Å². The molecule has 0 saturated heterocycles. The quantitative estimate of drug-likeness (QED) is 0.396. The fourth-order valence-electron chi connectivity index (χ4n) is 3.92. The van der Waals surface area contributed by atoms with Crippen molar-refractivity contribution >= 4 is 28.3 Å². The third kappa shape index (κ3) is 4.37. The van der Waals surface area contributed by atoms with Gasteiger partial charge in [0.2, 0.25) is 5.91 Å². The Kier molecular flexibility index (Phi) is 5.99. The SMILES string of the molecule is CC(C(=O)Nc1cc(F)ccc1Cc1ccccc1C(=O)O)c1cccc2ccccc12. The Hall–Kier alpha value is -3.99. The van der Waals surface area contributed by atoms with Crippen molar-refractivity contribution in [3.05, 3.63) is 113 Å². The number of hydrogen-bond acceptors (Lipinski definition) is 2. The van der Waals surface area contributed by atoms with Gasteiger partial charge >= 0.3 is 5.97 Å². The zero-order valence-electron chi connectivity index (χ0n) is 17.5. The molecule has 0 radical (unpaired) electrons. The Labute approximate surface area is 185 Å². The van der Waals surface area contributed by atoms with Crippen molar-refractivity contribution in [2.24, 2.45) is 0 Å². The molecule has 1 atom stereocenters. The van der Waals surface area contributed by atoms with Crippen molar-refractivity contribution in [2.75, 3.05) is 5.32 Å². The van der Waals surface area contributed by atoms with Crippen LogP contribution >= 0.6 is 0 Å². The molecule has 0 spiro atoms. The van der Waals surface area contributed by atoms with Gasteiger partial charge in [-0.2, -0.15) is 0 Å². The molecule has 32 heavy (non-hydrogen) atoms. The Balaban J connectivity index is 1.64. The van der Waals surface area contributed by atoms with E-state index in [0.717, 1.165) is 16.3 Å². The van der Waals surface area contributed by atoms with Crippen molar-refractivity contribution in [3.63, 3.8) is 0 Å². The summed E-state index contributed by atoms with van der Waals surface area (Å²) in [7, 11) is 0. The van der Waals surface area contributed by atoms with E-state index in [4.69, 9.17) is 0 Å². The van der Waals surface area contributed by atoms with Crippen LogP contribution in [0.4, 0.5) is 10.1 Å². The standard InChI is InChI=1S/C27H22FNO3/c1-17(22-12-6-9-18-7-2-4-10-23(18)22)26(30)29-25-16-21(28)14-13-20(25)15-19-8-3-5-11-24(19)27(31)32/h2-14,16-17H,15H2,1H3,(H,29,30)(H,31,32). The van der Waals surface area contributed by atoms with Gasteiger partial charge in [-0.3, -0.25) is 4.79 Å². The summed E-state index contributed by atoms with van der Waals surface area (Å²) in [6.45, 7) is 1.82. The highest BCUT2D eigenvalue weighted by Gasteiger charge is 2.20. The number of carbonyl (C=O) groups is 2. The number of aromatic carboxylic acids is 1. The number of carboxylic acids is 1. The van der Waals surface area contributed by atoms with Crippen LogP contribution in [0.5, 0.6) is 0 Å². The maximum Gasteiger partial charge on any atom is 0.335 e. The van der Waals surface area contributed by atoms with E-state index in [1.54, 1.807) is 24.3 Å². The molecule has 0 aliphatic heterocycles. The second-order valence-corrected chi connectivity index (χ2v) is 7.72. The van der Waals surface area contributed by atoms with E-state index in [-0.39, 0.29) is 17.9 Å². The molecule has 1 amide bonds. The molecule has 0 aromatic heterocycles. The first-order valence-electron chi connectivity index (χ1n) is 10.3. The van der Waals surface area contributed by atoms with Crippen LogP contribution < -0.4 is 5.32 Å². The maximum atomic E-state index is 14.0. The molecule has 160 valence electrons. The highest BCUT2D eigenvalue weighted by atomic mass is 19.1. The molecule has 0 aliphatic carbocycles. The summed E-state index contributed by atoms with van der Waals surface area (Å²) < 4.78 is 14.0. The Morgan fingerprint density at radius 3 is 2.44 bits per heavy atom. The number of hydrogen-bond donors (Lipinski definition) is 2. The van der Waals surface area contributed by atoms with Gasteiger partial charge in [-0.1, -0.05) is 66.7 Å². The summed E-state index contributed by atoms with van der Waals surface area (Å²) in [6, 6.07) is 24.5. The summed E-state index contributed by atoms with van der Waals surface area (Å²) in [6.07, 6.45) is 0.251. The van der Waals surface area contributed by atoms with Crippen LogP contribution in [-0.4, -0.2) is 17.0 Å². The number of carbonyl (C=O) groups excluding carboxylic acids is 1. The summed E-state index contributed by atoms with van der Waals surface area (Å²) in [5, 5.41) is 14.4. The molecule has 0 heterocycles. The van der Waals surface area contributed by atoms with Gasteiger partial charge in [0, 0.05) is 12.1 Å². The summed E-state index contributed by atoms with van der Waals surface area (Å²) in [4.78, 5) is 24.7. The lowest BCUT2D eigenvalue weighted by atomic mass is 9.93. The van der Waals surface area contributed by atoms with Crippen molar-refractivity contribution in [3.8, 4) is 0 Å². The molecule has 0 fully saturated rings. The number of nitrogens with one attached hydrogen (secondary N) is 1. The van der Waals surface area contributed by atoms with Crippen LogP contribution in [0.1, 0.15) is 39.9 Å². The number of rotatable bonds is 6. The largest absolute Gasteiger partial charge is 0.478 e. The predicted octanol–water partition coefficient (Wildman–Crippen LogP) is 6.01. The van der Waals surface area contributed by atoms with Gasteiger partial charge in [-0.15, -0.1) is 0 Å². The monoisotopic (exact) mass is 427 g/mol. The van der Waals surface area contributed by atoms with Crippen LogP contribution in [0, 0.1) is 5.82 Å². The first-order chi connectivity index (χ1) is 15.4. The number of benzene rings is 4. The molecule has 0 bridgehead atoms. The van der Waals surface area contributed by atoms with Gasteiger partial charge in [-0.05, 0) is 52.6 Å². The highest BCUT2D eigenvalue weighted by molar-refractivity contribution is 5.99. The molecule has 4 nitrogen and oxygen atoms in total. The van der Waals surface area contributed by atoms with E-state index in [9.17, 15) is 19.1 Å². The zero-order valence-corrected chi connectivity index (χ0v) is 17.5. The molecule has 0 aliphatic rings. The number of halogens is 1. The molecular formula is C27H22FNO3. The highest BCUT2D eigenvalue weighted by Crippen LogP contribution is 2.28. The first-order valence-corrected chi connectivity index (χ1v) is 10.3. The number of amides is 1. The Bertz CT molecular complexity index is 1310. The molecular weight excluding hydrogens is 405 g/mol. The van der Waals surface area contributed by atoms with Crippen LogP contribution in [0.2, 0.25) is 0 Å². The fraction of sp³-hybridized carbons (Fsp3) is 0.111. The van der Waals surface area contributed by atoms with Crippen molar-refractivity contribution in [1.29, 1.82) is 0 Å². The predicted molar refractivity (Wildman–Crippen MR) is 124 cm³/mol. The van der Waals surface area contributed by atoms with Crippen LogP contribution in [-0.2, 0) is 11.2 Å². The summed E-state index contributed by atoms with van der Waals surface area (Å²) >= 11 is 0. The van der Waals surface area contributed by atoms with E-state index in [2.05, 4.69) is 5.32 Å². The van der Waals surface area contributed by atoms with Gasteiger partial charge in [0.1, 0.15) is 5.82 Å². The average Bonchev–Trinajstić information content (AvgIpc) is 2.80. The van der Waals surface area contributed by atoms with E-state index in [1.807, 2.05) is 49.4 Å². The molecule has 1 unspecified atom stereocenters.